The number of rotatable bonds is 2. The Morgan fingerprint density at radius 3 is 2.78 bits per heavy atom. The maximum atomic E-state index is 10.1. The number of ether oxygens (including phenoxy) is 1. The summed E-state index contributed by atoms with van der Waals surface area (Å²) < 4.78 is 5.28. The second-order valence-electron chi connectivity index (χ2n) is 5.80. The Hall–Kier alpha value is -1.02. The van der Waals surface area contributed by atoms with Gasteiger partial charge in [0.25, 0.3) is 0 Å². The summed E-state index contributed by atoms with van der Waals surface area (Å²) in [7, 11) is 1.72. The minimum Gasteiger partial charge on any atom is -0.497 e. The first-order valence-electron chi connectivity index (χ1n) is 7.12. The molecule has 1 aromatic rings. The van der Waals surface area contributed by atoms with E-state index in [9.17, 15) is 5.11 Å². The molecule has 1 saturated carbocycles. The van der Waals surface area contributed by atoms with Crippen LogP contribution in [0.1, 0.15) is 36.8 Å². The molecule has 0 amide bonds. The third-order valence-corrected chi connectivity index (χ3v) is 4.82. The first-order valence-corrected chi connectivity index (χ1v) is 7.12. The van der Waals surface area contributed by atoms with Crippen LogP contribution in [0, 0.1) is 11.8 Å². The highest BCUT2D eigenvalue weighted by Gasteiger charge is 2.34. The lowest BCUT2D eigenvalue weighted by Crippen LogP contribution is -2.27. The summed E-state index contributed by atoms with van der Waals surface area (Å²) in [6, 6.07) is 6.45. The van der Waals surface area contributed by atoms with Crippen LogP contribution in [0.2, 0.25) is 0 Å². The van der Waals surface area contributed by atoms with Crippen molar-refractivity contribution >= 4 is 0 Å². The van der Waals surface area contributed by atoms with Crippen molar-refractivity contribution in [2.24, 2.45) is 11.8 Å². The highest BCUT2D eigenvalue weighted by Crippen LogP contribution is 2.39. The fourth-order valence-corrected chi connectivity index (χ4v) is 3.77. The summed E-state index contributed by atoms with van der Waals surface area (Å²) in [6.45, 7) is 0. The molecule has 0 heterocycles. The molecule has 98 valence electrons. The Balaban J connectivity index is 1.77. The van der Waals surface area contributed by atoms with Crippen LogP contribution in [0.3, 0.4) is 0 Å². The summed E-state index contributed by atoms with van der Waals surface area (Å²) in [5.74, 6) is 2.19. The number of hydrogen-bond donors (Lipinski definition) is 1. The Labute approximate surface area is 109 Å². The molecule has 3 atom stereocenters. The van der Waals surface area contributed by atoms with Crippen LogP contribution in [0.4, 0.5) is 0 Å². The first-order chi connectivity index (χ1) is 8.78. The van der Waals surface area contributed by atoms with Crippen molar-refractivity contribution in [3.63, 3.8) is 0 Å². The lowest BCUT2D eigenvalue weighted by molar-refractivity contribution is 0.0924. The van der Waals surface area contributed by atoms with Crippen LogP contribution in [0.25, 0.3) is 0 Å². The number of fused-ring (bicyclic) bond motifs is 1. The molecular weight excluding hydrogens is 224 g/mol. The Bertz CT molecular complexity index is 427. The van der Waals surface area contributed by atoms with Gasteiger partial charge in [-0.1, -0.05) is 12.5 Å². The van der Waals surface area contributed by atoms with Crippen molar-refractivity contribution in [1.29, 1.82) is 0 Å². The fourth-order valence-electron chi connectivity index (χ4n) is 3.77. The van der Waals surface area contributed by atoms with Crippen LogP contribution < -0.4 is 4.74 Å². The van der Waals surface area contributed by atoms with Gasteiger partial charge in [0.05, 0.1) is 13.2 Å². The minimum atomic E-state index is -0.0465. The summed E-state index contributed by atoms with van der Waals surface area (Å²) in [4.78, 5) is 0. The second kappa shape index (κ2) is 4.93. The Morgan fingerprint density at radius 2 is 2.06 bits per heavy atom. The molecule has 1 aromatic carbocycles. The molecule has 0 radical (unpaired) electrons. The van der Waals surface area contributed by atoms with Gasteiger partial charge in [-0.15, -0.1) is 0 Å². The molecular formula is C16H22O2. The molecule has 3 rings (SSSR count). The van der Waals surface area contributed by atoms with Gasteiger partial charge in [-0.3, -0.25) is 0 Å². The van der Waals surface area contributed by atoms with Gasteiger partial charge in [0.1, 0.15) is 5.75 Å². The first kappa shape index (κ1) is 12.0. The summed E-state index contributed by atoms with van der Waals surface area (Å²) in [5.41, 5.74) is 2.91. The van der Waals surface area contributed by atoms with Gasteiger partial charge in [-0.25, -0.2) is 0 Å². The molecule has 0 saturated heterocycles. The van der Waals surface area contributed by atoms with E-state index in [0.717, 1.165) is 25.0 Å². The Morgan fingerprint density at radius 1 is 1.17 bits per heavy atom. The molecule has 0 aromatic heterocycles. The molecule has 0 spiro atoms. The average molecular weight is 246 g/mol. The molecule has 0 aliphatic heterocycles. The quantitative estimate of drug-likeness (QED) is 0.869. The minimum absolute atomic E-state index is 0.0465. The van der Waals surface area contributed by atoms with E-state index in [2.05, 4.69) is 18.2 Å². The van der Waals surface area contributed by atoms with E-state index >= 15 is 0 Å². The SMILES string of the molecule is COc1ccc2c(c1)CC[C@H]([C@H]1CCC[C@@H]1O)C2. The van der Waals surface area contributed by atoms with Gasteiger partial charge >= 0.3 is 0 Å². The maximum Gasteiger partial charge on any atom is 0.119 e. The highest BCUT2D eigenvalue weighted by molar-refractivity contribution is 5.37. The summed E-state index contributed by atoms with van der Waals surface area (Å²) in [6.07, 6.45) is 6.89. The Kier molecular flexibility index (Phi) is 3.29. The number of hydrogen-bond acceptors (Lipinski definition) is 2. The van der Waals surface area contributed by atoms with E-state index in [0.29, 0.717) is 11.8 Å². The topological polar surface area (TPSA) is 29.5 Å². The lowest BCUT2D eigenvalue weighted by atomic mass is 9.75. The van der Waals surface area contributed by atoms with Gasteiger partial charge in [-0.05, 0) is 67.2 Å². The number of aryl methyl sites for hydroxylation is 1. The van der Waals surface area contributed by atoms with Gasteiger partial charge in [0, 0.05) is 0 Å². The van der Waals surface area contributed by atoms with Crippen LogP contribution >= 0.6 is 0 Å². The van der Waals surface area contributed by atoms with Crippen LogP contribution in [-0.2, 0) is 12.8 Å². The number of aliphatic hydroxyl groups excluding tert-OH is 1. The van der Waals surface area contributed by atoms with Crippen LogP contribution in [-0.4, -0.2) is 18.3 Å². The van der Waals surface area contributed by atoms with Crippen molar-refractivity contribution in [2.75, 3.05) is 7.11 Å². The van der Waals surface area contributed by atoms with E-state index < -0.39 is 0 Å². The van der Waals surface area contributed by atoms with Gasteiger partial charge in [0.15, 0.2) is 0 Å². The number of benzene rings is 1. The van der Waals surface area contributed by atoms with Crippen molar-refractivity contribution in [2.45, 2.75) is 44.6 Å². The summed E-state index contributed by atoms with van der Waals surface area (Å²) >= 11 is 0. The van der Waals surface area contributed by atoms with Crippen molar-refractivity contribution in [3.05, 3.63) is 29.3 Å². The molecule has 0 unspecified atom stereocenters. The third-order valence-electron chi connectivity index (χ3n) is 4.82. The van der Waals surface area contributed by atoms with Gasteiger partial charge < -0.3 is 9.84 Å². The molecule has 0 bridgehead atoms. The largest absolute Gasteiger partial charge is 0.497 e. The molecule has 1 N–H and O–H groups in total. The third kappa shape index (κ3) is 2.14. The average Bonchev–Trinajstić information content (AvgIpc) is 2.84. The zero-order chi connectivity index (χ0) is 12.5. The van der Waals surface area contributed by atoms with E-state index in [4.69, 9.17) is 4.74 Å². The summed E-state index contributed by atoms with van der Waals surface area (Å²) in [5, 5.41) is 10.1. The molecule has 2 aliphatic rings. The lowest BCUT2D eigenvalue weighted by Gasteiger charge is -2.31. The molecule has 18 heavy (non-hydrogen) atoms. The van der Waals surface area contributed by atoms with E-state index in [1.165, 1.54) is 30.4 Å². The van der Waals surface area contributed by atoms with Crippen molar-refractivity contribution in [1.82, 2.24) is 0 Å². The highest BCUT2D eigenvalue weighted by atomic mass is 16.5. The smallest absolute Gasteiger partial charge is 0.119 e. The molecule has 2 heteroatoms. The van der Waals surface area contributed by atoms with E-state index in [1.54, 1.807) is 7.11 Å². The van der Waals surface area contributed by atoms with Gasteiger partial charge in [0.2, 0.25) is 0 Å². The standard InChI is InChI=1S/C16H22O2/c1-18-14-8-7-11-9-13(6-5-12(11)10-14)15-3-2-4-16(15)17/h7-8,10,13,15-17H,2-6,9H2,1H3/t13-,15+,16-/m0/s1. The van der Waals surface area contributed by atoms with Crippen molar-refractivity contribution < 1.29 is 9.84 Å². The van der Waals surface area contributed by atoms with E-state index in [-0.39, 0.29) is 6.10 Å². The van der Waals surface area contributed by atoms with Crippen LogP contribution in [0.15, 0.2) is 18.2 Å². The van der Waals surface area contributed by atoms with Crippen LogP contribution in [0.5, 0.6) is 5.75 Å². The van der Waals surface area contributed by atoms with Crippen molar-refractivity contribution in [3.8, 4) is 5.75 Å². The molecule has 1 fully saturated rings. The molecule has 2 nitrogen and oxygen atoms in total. The second-order valence-corrected chi connectivity index (χ2v) is 5.80. The normalized spacial score (nSPS) is 31.1. The predicted octanol–water partition coefficient (Wildman–Crippen LogP) is 2.96. The maximum absolute atomic E-state index is 10.1. The fraction of sp³-hybridized carbons (Fsp3) is 0.625. The van der Waals surface area contributed by atoms with Gasteiger partial charge in [-0.2, -0.15) is 0 Å². The predicted molar refractivity (Wildman–Crippen MR) is 71.9 cm³/mol. The zero-order valence-electron chi connectivity index (χ0n) is 11.1. The van der Waals surface area contributed by atoms with E-state index in [1.807, 2.05) is 0 Å². The number of aliphatic hydroxyl groups is 1. The zero-order valence-corrected chi connectivity index (χ0v) is 11.1. The monoisotopic (exact) mass is 246 g/mol. The number of methoxy groups -OCH3 is 1. The molecule has 2 aliphatic carbocycles.